The highest BCUT2D eigenvalue weighted by atomic mass is 19.1. The number of hydrogen-bond acceptors (Lipinski definition) is 3. The Kier molecular flexibility index (Phi) is 3.73. The first-order valence-electron chi connectivity index (χ1n) is 8.32. The Balaban J connectivity index is 1.72. The number of benzene rings is 2. The zero-order chi connectivity index (χ0) is 19.3. The summed E-state index contributed by atoms with van der Waals surface area (Å²) in [5, 5.41) is 2.42. The second-order valence-corrected chi connectivity index (χ2v) is 6.62. The molecule has 1 aliphatic rings. The SMILES string of the molecule is Cn1c(CN2C(=O)N[C@@](C)(c3c(F)cccc3F)C2=O)nc2ccccc21. The van der Waals surface area contributed by atoms with Crippen LogP contribution < -0.4 is 5.32 Å². The smallest absolute Gasteiger partial charge is 0.325 e. The molecule has 138 valence electrons. The van der Waals surface area contributed by atoms with Crippen LogP contribution in [-0.4, -0.2) is 26.4 Å². The Morgan fingerprint density at radius 1 is 1.07 bits per heavy atom. The largest absolute Gasteiger partial charge is 0.330 e. The molecule has 1 fully saturated rings. The fourth-order valence-corrected chi connectivity index (χ4v) is 3.46. The summed E-state index contributed by atoms with van der Waals surface area (Å²) in [6, 6.07) is 9.98. The molecule has 1 aliphatic heterocycles. The van der Waals surface area contributed by atoms with Gasteiger partial charge < -0.3 is 9.88 Å². The Bertz CT molecular complexity index is 1070. The normalized spacial score (nSPS) is 19.8. The minimum atomic E-state index is -1.82. The summed E-state index contributed by atoms with van der Waals surface area (Å²) in [5.74, 6) is -2.03. The lowest BCUT2D eigenvalue weighted by atomic mass is 9.91. The summed E-state index contributed by atoms with van der Waals surface area (Å²) < 4.78 is 30.2. The molecule has 6 nitrogen and oxygen atoms in total. The Hall–Kier alpha value is -3.29. The van der Waals surface area contributed by atoms with Crippen molar-refractivity contribution in [3.8, 4) is 0 Å². The summed E-state index contributed by atoms with van der Waals surface area (Å²) >= 11 is 0. The lowest BCUT2D eigenvalue weighted by Crippen LogP contribution is -2.42. The van der Waals surface area contributed by atoms with Crippen molar-refractivity contribution in [1.82, 2.24) is 19.8 Å². The highest BCUT2D eigenvalue weighted by Gasteiger charge is 2.51. The fraction of sp³-hybridized carbons (Fsp3) is 0.211. The van der Waals surface area contributed by atoms with E-state index in [-0.39, 0.29) is 6.54 Å². The number of imide groups is 1. The lowest BCUT2D eigenvalue weighted by Gasteiger charge is -2.23. The zero-order valence-electron chi connectivity index (χ0n) is 14.7. The number of aryl methyl sites for hydroxylation is 1. The first-order valence-corrected chi connectivity index (χ1v) is 8.32. The minimum Gasteiger partial charge on any atom is -0.330 e. The van der Waals surface area contributed by atoms with Crippen molar-refractivity contribution in [3.05, 3.63) is 65.5 Å². The van der Waals surface area contributed by atoms with Crippen LogP contribution in [0.25, 0.3) is 11.0 Å². The summed E-state index contributed by atoms with van der Waals surface area (Å²) in [5.41, 5.74) is -0.722. The fourth-order valence-electron chi connectivity index (χ4n) is 3.46. The van der Waals surface area contributed by atoms with Gasteiger partial charge in [-0.05, 0) is 31.2 Å². The first-order chi connectivity index (χ1) is 12.8. The molecule has 3 amide bonds. The number of urea groups is 1. The van der Waals surface area contributed by atoms with Gasteiger partial charge in [0.2, 0.25) is 0 Å². The molecule has 1 aromatic heterocycles. The van der Waals surface area contributed by atoms with E-state index in [9.17, 15) is 18.4 Å². The van der Waals surface area contributed by atoms with Gasteiger partial charge in [-0.2, -0.15) is 0 Å². The van der Waals surface area contributed by atoms with E-state index in [1.165, 1.54) is 13.0 Å². The molecule has 2 aromatic carbocycles. The van der Waals surface area contributed by atoms with Crippen LogP contribution in [0.3, 0.4) is 0 Å². The molecular formula is C19H16F2N4O2. The predicted octanol–water partition coefficient (Wildman–Crippen LogP) is 2.82. The molecule has 4 rings (SSSR count). The quantitative estimate of drug-likeness (QED) is 0.721. The van der Waals surface area contributed by atoms with Crippen LogP contribution in [0.15, 0.2) is 42.5 Å². The van der Waals surface area contributed by atoms with E-state index >= 15 is 0 Å². The number of para-hydroxylation sites is 2. The maximum absolute atomic E-state index is 14.2. The molecule has 0 radical (unpaired) electrons. The van der Waals surface area contributed by atoms with Crippen molar-refractivity contribution in [2.45, 2.75) is 19.0 Å². The highest BCUT2D eigenvalue weighted by molar-refractivity contribution is 6.07. The number of halogens is 2. The summed E-state index contributed by atoms with van der Waals surface area (Å²) in [7, 11) is 1.78. The number of nitrogens with zero attached hydrogens (tertiary/aromatic N) is 3. The topological polar surface area (TPSA) is 67.2 Å². The molecule has 0 saturated carbocycles. The van der Waals surface area contributed by atoms with Crippen molar-refractivity contribution >= 4 is 23.0 Å². The van der Waals surface area contributed by atoms with Gasteiger partial charge in [-0.15, -0.1) is 0 Å². The third-order valence-electron chi connectivity index (χ3n) is 4.92. The number of amides is 3. The maximum atomic E-state index is 14.2. The van der Waals surface area contributed by atoms with Gasteiger partial charge in [-0.1, -0.05) is 18.2 Å². The molecule has 1 saturated heterocycles. The van der Waals surface area contributed by atoms with E-state index in [0.29, 0.717) is 5.82 Å². The molecule has 0 unspecified atom stereocenters. The van der Waals surface area contributed by atoms with Crippen molar-refractivity contribution in [1.29, 1.82) is 0 Å². The van der Waals surface area contributed by atoms with Crippen molar-refractivity contribution in [3.63, 3.8) is 0 Å². The van der Waals surface area contributed by atoms with Gasteiger partial charge in [-0.25, -0.2) is 18.6 Å². The molecule has 0 aliphatic carbocycles. The molecule has 8 heteroatoms. The van der Waals surface area contributed by atoms with Gasteiger partial charge in [0.05, 0.1) is 23.1 Å². The molecule has 2 heterocycles. The van der Waals surface area contributed by atoms with E-state index < -0.39 is 34.7 Å². The lowest BCUT2D eigenvalue weighted by molar-refractivity contribution is -0.131. The Morgan fingerprint density at radius 2 is 1.74 bits per heavy atom. The first kappa shape index (κ1) is 17.1. The van der Waals surface area contributed by atoms with E-state index in [1.54, 1.807) is 11.6 Å². The van der Waals surface area contributed by atoms with E-state index in [4.69, 9.17) is 0 Å². The molecule has 3 aromatic rings. The number of imidazole rings is 1. The molecule has 0 bridgehead atoms. The minimum absolute atomic E-state index is 0.110. The average Bonchev–Trinajstić information content (AvgIpc) is 3.05. The molecular weight excluding hydrogens is 354 g/mol. The Labute approximate surface area is 153 Å². The number of rotatable bonds is 3. The van der Waals surface area contributed by atoms with Gasteiger partial charge in [0.25, 0.3) is 5.91 Å². The molecule has 0 spiro atoms. The van der Waals surface area contributed by atoms with Crippen molar-refractivity contribution in [2.24, 2.45) is 7.05 Å². The summed E-state index contributed by atoms with van der Waals surface area (Å²) in [6.45, 7) is 1.19. The number of hydrogen-bond donors (Lipinski definition) is 1. The van der Waals surface area contributed by atoms with Crippen LogP contribution in [0.5, 0.6) is 0 Å². The third-order valence-corrected chi connectivity index (χ3v) is 4.92. The second-order valence-electron chi connectivity index (χ2n) is 6.62. The van der Waals surface area contributed by atoms with Crippen LogP contribution in [0.2, 0.25) is 0 Å². The van der Waals surface area contributed by atoms with Crippen LogP contribution in [0.1, 0.15) is 18.3 Å². The second kappa shape index (κ2) is 5.87. The van der Waals surface area contributed by atoms with E-state index in [1.807, 2.05) is 24.3 Å². The van der Waals surface area contributed by atoms with Crippen molar-refractivity contribution in [2.75, 3.05) is 0 Å². The standard InChI is InChI=1S/C19H16F2N4O2/c1-19(16-11(20)6-5-7-12(16)21)17(26)25(18(27)23-19)10-15-22-13-8-3-4-9-14(13)24(15)2/h3-9H,10H2,1-2H3,(H,23,27)/t19-/m0/s1. The zero-order valence-corrected chi connectivity index (χ0v) is 14.7. The molecule has 1 atom stereocenters. The Morgan fingerprint density at radius 3 is 2.41 bits per heavy atom. The van der Waals surface area contributed by atoms with Crippen LogP contribution in [0, 0.1) is 11.6 Å². The maximum Gasteiger partial charge on any atom is 0.325 e. The van der Waals surface area contributed by atoms with Gasteiger partial charge in [0.15, 0.2) is 0 Å². The third kappa shape index (κ3) is 2.48. The number of carbonyl (C=O) groups excluding carboxylic acids is 2. The predicted molar refractivity (Wildman–Crippen MR) is 93.5 cm³/mol. The molecule has 1 N–H and O–H groups in total. The number of nitrogens with one attached hydrogen (secondary N) is 1. The monoisotopic (exact) mass is 370 g/mol. The van der Waals surface area contributed by atoms with Crippen LogP contribution in [-0.2, 0) is 23.9 Å². The van der Waals surface area contributed by atoms with Crippen molar-refractivity contribution < 1.29 is 18.4 Å². The number of aromatic nitrogens is 2. The average molecular weight is 370 g/mol. The van der Waals surface area contributed by atoms with Gasteiger partial charge >= 0.3 is 6.03 Å². The summed E-state index contributed by atoms with van der Waals surface area (Å²) in [4.78, 5) is 30.7. The van der Waals surface area contributed by atoms with Crippen LogP contribution >= 0.6 is 0 Å². The molecule has 27 heavy (non-hydrogen) atoms. The van der Waals surface area contributed by atoms with Gasteiger partial charge in [-0.3, -0.25) is 9.69 Å². The van der Waals surface area contributed by atoms with Crippen LogP contribution in [0.4, 0.5) is 13.6 Å². The number of fused-ring (bicyclic) bond motifs is 1. The van der Waals surface area contributed by atoms with E-state index in [0.717, 1.165) is 28.1 Å². The van der Waals surface area contributed by atoms with Gasteiger partial charge in [0.1, 0.15) is 23.0 Å². The number of carbonyl (C=O) groups is 2. The van der Waals surface area contributed by atoms with E-state index in [2.05, 4.69) is 10.3 Å². The summed E-state index contributed by atoms with van der Waals surface area (Å²) in [6.07, 6.45) is 0. The van der Waals surface area contributed by atoms with Gasteiger partial charge in [0, 0.05) is 7.05 Å². The highest BCUT2D eigenvalue weighted by Crippen LogP contribution is 2.33.